The van der Waals surface area contributed by atoms with Crippen molar-refractivity contribution in [3.63, 3.8) is 0 Å². The van der Waals surface area contributed by atoms with Crippen LogP contribution in [0.4, 0.5) is 4.79 Å². The Kier molecular flexibility index (Phi) is 4.91. The van der Waals surface area contributed by atoms with Crippen LogP contribution in [0.3, 0.4) is 0 Å². The monoisotopic (exact) mass is 201 g/mol. The molecule has 0 heterocycles. The van der Waals surface area contributed by atoms with Crippen molar-refractivity contribution >= 4 is 6.03 Å². The number of likely N-dealkylation sites (N-methyl/N-ethyl adjacent to an activating group) is 1. The molecule has 14 heavy (non-hydrogen) atoms. The van der Waals surface area contributed by atoms with E-state index in [1.165, 1.54) is 0 Å². The van der Waals surface area contributed by atoms with Crippen LogP contribution in [-0.2, 0) is 0 Å². The van der Waals surface area contributed by atoms with E-state index in [-0.39, 0.29) is 17.6 Å². The summed E-state index contributed by atoms with van der Waals surface area (Å²) in [5, 5.41) is 5.63. The van der Waals surface area contributed by atoms with Gasteiger partial charge in [0.15, 0.2) is 0 Å². The van der Waals surface area contributed by atoms with Crippen molar-refractivity contribution in [2.45, 2.75) is 39.3 Å². The van der Waals surface area contributed by atoms with Crippen LogP contribution in [0.25, 0.3) is 0 Å². The molecular weight excluding hydrogens is 178 g/mol. The number of urea groups is 1. The first-order valence-corrected chi connectivity index (χ1v) is 4.97. The Morgan fingerprint density at radius 3 is 2.21 bits per heavy atom. The average Bonchev–Trinajstić information content (AvgIpc) is 1.99. The zero-order valence-corrected chi connectivity index (χ0v) is 10.1. The van der Waals surface area contributed by atoms with Gasteiger partial charge in [-0.2, -0.15) is 0 Å². The third kappa shape index (κ3) is 5.07. The summed E-state index contributed by atoms with van der Waals surface area (Å²) >= 11 is 0. The van der Waals surface area contributed by atoms with Gasteiger partial charge in [-0.05, 0) is 41.8 Å². The number of rotatable bonds is 4. The average molecular weight is 201 g/mol. The molecule has 0 spiro atoms. The van der Waals surface area contributed by atoms with Gasteiger partial charge in [-0.25, -0.2) is 4.79 Å². The maximum Gasteiger partial charge on any atom is 0.315 e. The summed E-state index contributed by atoms with van der Waals surface area (Å²) in [5.74, 6) is 0. The summed E-state index contributed by atoms with van der Waals surface area (Å²) in [6.45, 7) is 8.69. The Morgan fingerprint density at radius 2 is 1.86 bits per heavy atom. The van der Waals surface area contributed by atoms with E-state index in [1.807, 2.05) is 27.9 Å². The van der Waals surface area contributed by atoms with Crippen molar-refractivity contribution in [3.05, 3.63) is 0 Å². The molecule has 0 fully saturated rings. The van der Waals surface area contributed by atoms with Crippen molar-refractivity contribution in [1.29, 1.82) is 0 Å². The predicted molar refractivity (Wildman–Crippen MR) is 59.4 cm³/mol. The van der Waals surface area contributed by atoms with Crippen molar-refractivity contribution < 1.29 is 4.79 Å². The van der Waals surface area contributed by atoms with E-state index in [4.69, 9.17) is 0 Å². The molecule has 0 bridgehead atoms. The molecule has 0 rings (SSSR count). The van der Waals surface area contributed by atoms with Crippen LogP contribution in [0.2, 0.25) is 0 Å². The summed E-state index contributed by atoms with van der Waals surface area (Å²) in [4.78, 5) is 13.4. The molecule has 84 valence electrons. The molecule has 0 radical (unpaired) electrons. The molecule has 2 N–H and O–H groups in total. The molecule has 0 aromatic rings. The Hall–Kier alpha value is -0.770. The minimum atomic E-state index is -0.102. The van der Waals surface area contributed by atoms with Crippen molar-refractivity contribution in [1.82, 2.24) is 15.5 Å². The lowest BCUT2D eigenvalue weighted by Crippen LogP contribution is -2.51. The number of amides is 2. The maximum absolute atomic E-state index is 11.3. The number of nitrogens with one attached hydrogen (secondary N) is 2. The fourth-order valence-electron chi connectivity index (χ4n) is 0.768. The SMILES string of the molecule is CC(C)NC(=O)NCC(C)(C)N(C)C. The summed E-state index contributed by atoms with van der Waals surface area (Å²) < 4.78 is 0. The van der Waals surface area contributed by atoms with Gasteiger partial charge in [0, 0.05) is 18.1 Å². The van der Waals surface area contributed by atoms with E-state index >= 15 is 0 Å². The summed E-state index contributed by atoms with van der Waals surface area (Å²) in [5.41, 5.74) is -0.0195. The quantitative estimate of drug-likeness (QED) is 0.713. The zero-order valence-electron chi connectivity index (χ0n) is 10.1. The van der Waals surface area contributed by atoms with Gasteiger partial charge in [0.1, 0.15) is 0 Å². The molecule has 0 unspecified atom stereocenters. The second-order valence-corrected chi connectivity index (χ2v) is 4.69. The minimum Gasteiger partial charge on any atom is -0.336 e. The van der Waals surface area contributed by atoms with E-state index < -0.39 is 0 Å². The van der Waals surface area contributed by atoms with Crippen molar-refractivity contribution in [3.8, 4) is 0 Å². The van der Waals surface area contributed by atoms with E-state index in [2.05, 4.69) is 29.4 Å². The van der Waals surface area contributed by atoms with E-state index in [1.54, 1.807) is 0 Å². The van der Waals surface area contributed by atoms with Gasteiger partial charge < -0.3 is 15.5 Å². The summed E-state index contributed by atoms with van der Waals surface area (Å²) in [7, 11) is 4.00. The molecule has 0 aromatic heterocycles. The number of carbonyl (C=O) groups excluding carboxylic acids is 1. The van der Waals surface area contributed by atoms with Gasteiger partial charge in [-0.15, -0.1) is 0 Å². The van der Waals surface area contributed by atoms with E-state index in [9.17, 15) is 4.79 Å². The number of hydrogen-bond donors (Lipinski definition) is 2. The molecule has 0 saturated heterocycles. The van der Waals surface area contributed by atoms with Crippen LogP contribution >= 0.6 is 0 Å². The molecule has 4 heteroatoms. The van der Waals surface area contributed by atoms with Crippen molar-refractivity contribution in [2.75, 3.05) is 20.6 Å². The van der Waals surface area contributed by atoms with Crippen LogP contribution < -0.4 is 10.6 Å². The first-order valence-electron chi connectivity index (χ1n) is 4.97. The summed E-state index contributed by atoms with van der Waals surface area (Å²) in [6.07, 6.45) is 0. The zero-order chi connectivity index (χ0) is 11.4. The molecule has 0 aliphatic carbocycles. The van der Waals surface area contributed by atoms with Crippen LogP contribution in [0.15, 0.2) is 0 Å². The molecule has 2 amide bonds. The Balaban J connectivity index is 3.88. The lowest BCUT2D eigenvalue weighted by molar-refractivity contribution is 0.186. The largest absolute Gasteiger partial charge is 0.336 e. The normalized spacial score (nSPS) is 12.0. The standard InChI is InChI=1S/C10H23N3O/c1-8(2)12-9(14)11-7-10(3,4)13(5)6/h8H,7H2,1-6H3,(H2,11,12,14). The number of hydrogen-bond acceptors (Lipinski definition) is 2. The molecule has 0 saturated carbocycles. The van der Waals surface area contributed by atoms with Crippen molar-refractivity contribution in [2.24, 2.45) is 0 Å². The highest BCUT2D eigenvalue weighted by atomic mass is 16.2. The molecule has 4 nitrogen and oxygen atoms in total. The molecular formula is C10H23N3O. The van der Waals surface area contributed by atoms with Gasteiger partial charge in [0.05, 0.1) is 0 Å². The lowest BCUT2D eigenvalue weighted by Gasteiger charge is -2.32. The fourth-order valence-corrected chi connectivity index (χ4v) is 0.768. The molecule has 0 atom stereocenters. The van der Waals surface area contributed by atoms with Crippen LogP contribution in [0, 0.1) is 0 Å². The van der Waals surface area contributed by atoms with Gasteiger partial charge in [0.2, 0.25) is 0 Å². The third-order valence-corrected chi connectivity index (χ3v) is 2.31. The Morgan fingerprint density at radius 1 is 1.36 bits per heavy atom. The molecule has 0 aliphatic rings. The van der Waals surface area contributed by atoms with E-state index in [0.717, 1.165) is 0 Å². The minimum absolute atomic E-state index is 0.0195. The maximum atomic E-state index is 11.3. The van der Waals surface area contributed by atoms with Gasteiger partial charge >= 0.3 is 6.03 Å². The predicted octanol–water partition coefficient (Wildman–Crippen LogP) is 1.03. The highest BCUT2D eigenvalue weighted by molar-refractivity contribution is 5.74. The van der Waals surface area contributed by atoms with Gasteiger partial charge in [0.25, 0.3) is 0 Å². The first kappa shape index (κ1) is 13.2. The topological polar surface area (TPSA) is 44.4 Å². The fraction of sp³-hybridized carbons (Fsp3) is 0.900. The van der Waals surface area contributed by atoms with Crippen LogP contribution in [0.5, 0.6) is 0 Å². The second-order valence-electron chi connectivity index (χ2n) is 4.69. The Labute approximate surface area is 87.0 Å². The van der Waals surface area contributed by atoms with Gasteiger partial charge in [-0.3, -0.25) is 0 Å². The van der Waals surface area contributed by atoms with Gasteiger partial charge in [-0.1, -0.05) is 0 Å². The smallest absolute Gasteiger partial charge is 0.315 e. The van der Waals surface area contributed by atoms with E-state index in [0.29, 0.717) is 6.54 Å². The summed E-state index contributed by atoms with van der Waals surface area (Å²) in [6, 6.07) is 0.0763. The number of nitrogens with zero attached hydrogens (tertiary/aromatic N) is 1. The second kappa shape index (κ2) is 5.20. The molecule has 0 aliphatic heterocycles. The third-order valence-electron chi connectivity index (χ3n) is 2.31. The highest BCUT2D eigenvalue weighted by Gasteiger charge is 2.20. The van der Waals surface area contributed by atoms with Crippen LogP contribution in [-0.4, -0.2) is 43.2 Å². The highest BCUT2D eigenvalue weighted by Crippen LogP contribution is 2.07. The molecule has 0 aromatic carbocycles. The number of carbonyl (C=O) groups is 1. The lowest BCUT2D eigenvalue weighted by atomic mass is 10.1. The van der Waals surface area contributed by atoms with Crippen LogP contribution in [0.1, 0.15) is 27.7 Å². The first-order chi connectivity index (χ1) is 6.25. The Bertz CT molecular complexity index is 188.